The van der Waals surface area contributed by atoms with Gasteiger partial charge in [0, 0.05) is 12.4 Å². The molecule has 3 nitrogen and oxygen atoms in total. The Morgan fingerprint density at radius 1 is 1.41 bits per heavy atom. The van der Waals surface area contributed by atoms with Crippen molar-refractivity contribution in [3.63, 3.8) is 0 Å². The Morgan fingerprint density at radius 3 is 2.53 bits per heavy atom. The number of thiophene rings is 1. The molecule has 1 heterocycles. The highest BCUT2D eigenvalue weighted by molar-refractivity contribution is 7.91. The second-order valence-electron chi connectivity index (χ2n) is 4.49. The number of hydrogen-bond acceptors (Lipinski definition) is 3. The third-order valence-electron chi connectivity index (χ3n) is 2.33. The molecule has 0 aromatic carbocycles. The van der Waals surface area contributed by atoms with Gasteiger partial charge >= 0.3 is 0 Å². The van der Waals surface area contributed by atoms with Crippen molar-refractivity contribution in [2.75, 3.05) is 12.4 Å². The summed E-state index contributed by atoms with van der Waals surface area (Å²) in [7, 11) is -3.45. The molecule has 0 aliphatic carbocycles. The lowest BCUT2D eigenvalue weighted by molar-refractivity contribution is 0.352. The van der Waals surface area contributed by atoms with Gasteiger partial charge in [0.2, 0.25) is 10.0 Å². The first-order valence-corrected chi connectivity index (χ1v) is 8.29. The molecule has 0 radical (unpaired) electrons. The van der Waals surface area contributed by atoms with E-state index in [9.17, 15) is 8.42 Å². The molecular weight excluding hydrogens is 301 g/mol. The van der Waals surface area contributed by atoms with Gasteiger partial charge in [0.15, 0.2) is 0 Å². The first-order chi connectivity index (χ1) is 7.77. The van der Waals surface area contributed by atoms with Crippen molar-refractivity contribution in [2.24, 2.45) is 5.41 Å². The zero-order chi connectivity index (χ0) is 13.1. The van der Waals surface area contributed by atoms with Crippen LogP contribution in [0.5, 0.6) is 0 Å². The summed E-state index contributed by atoms with van der Waals surface area (Å²) in [6.07, 6.45) is 0.752. The lowest BCUT2D eigenvalue weighted by atomic mass is 9.91. The summed E-state index contributed by atoms with van der Waals surface area (Å²) in [6, 6.07) is 3.08. The first kappa shape index (κ1) is 15.2. The van der Waals surface area contributed by atoms with Gasteiger partial charge in [-0.1, -0.05) is 25.4 Å². The van der Waals surface area contributed by atoms with Crippen molar-refractivity contribution in [1.29, 1.82) is 0 Å². The second-order valence-corrected chi connectivity index (χ2v) is 8.57. The van der Waals surface area contributed by atoms with E-state index in [0.717, 1.165) is 17.8 Å². The summed E-state index contributed by atoms with van der Waals surface area (Å²) in [4.78, 5) is 0. The van der Waals surface area contributed by atoms with E-state index in [0.29, 0.717) is 16.8 Å². The molecule has 98 valence electrons. The van der Waals surface area contributed by atoms with Crippen LogP contribution in [0.15, 0.2) is 16.3 Å². The van der Waals surface area contributed by atoms with Gasteiger partial charge < -0.3 is 0 Å². The summed E-state index contributed by atoms with van der Waals surface area (Å²) >= 11 is 12.4. The molecule has 0 saturated heterocycles. The monoisotopic (exact) mass is 315 g/mol. The molecule has 1 N–H and O–H groups in total. The summed E-state index contributed by atoms with van der Waals surface area (Å²) in [5, 5.41) is 0. The molecule has 0 spiro atoms. The van der Waals surface area contributed by atoms with Gasteiger partial charge in [-0.15, -0.1) is 22.9 Å². The second kappa shape index (κ2) is 5.89. The highest BCUT2D eigenvalue weighted by atomic mass is 35.5. The standard InChI is InChI=1S/C10H15Cl2NO2S2/c1-10(2,5-6-11)7-13-17(14,15)9-4-3-8(12)16-9/h3-4,13H,5-7H2,1-2H3. The molecule has 1 aromatic rings. The van der Waals surface area contributed by atoms with Gasteiger partial charge in [0.25, 0.3) is 0 Å². The lowest BCUT2D eigenvalue weighted by Crippen LogP contribution is -2.33. The third-order valence-corrected chi connectivity index (χ3v) is 5.64. The molecule has 1 rings (SSSR count). The van der Waals surface area contributed by atoms with Crippen LogP contribution in [0.1, 0.15) is 20.3 Å². The summed E-state index contributed by atoms with van der Waals surface area (Å²) in [5.41, 5.74) is -0.157. The number of alkyl halides is 1. The summed E-state index contributed by atoms with van der Waals surface area (Å²) < 4.78 is 27.1. The van der Waals surface area contributed by atoms with Crippen LogP contribution in [-0.4, -0.2) is 20.8 Å². The van der Waals surface area contributed by atoms with Gasteiger partial charge in [0.05, 0.1) is 4.34 Å². The molecule has 0 aliphatic rings. The molecule has 0 amide bonds. The molecule has 0 aliphatic heterocycles. The third kappa shape index (κ3) is 4.75. The molecule has 0 bridgehead atoms. The minimum absolute atomic E-state index is 0.157. The Hall–Kier alpha value is 0.190. The fraction of sp³-hybridized carbons (Fsp3) is 0.600. The average Bonchev–Trinajstić information content (AvgIpc) is 2.63. The normalized spacial score (nSPS) is 12.9. The van der Waals surface area contributed by atoms with E-state index >= 15 is 0 Å². The van der Waals surface area contributed by atoms with Crippen LogP contribution < -0.4 is 4.72 Å². The molecule has 1 aromatic heterocycles. The molecule has 0 atom stereocenters. The lowest BCUT2D eigenvalue weighted by Gasteiger charge is -2.23. The van der Waals surface area contributed by atoms with Crippen molar-refractivity contribution < 1.29 is 8.42 Å². The minimum Gasteiger partial charge on any atom is -0.210 e. The van der Waals surface area contributed by atoms with Crippen molar-refractivity contribution in [1.82, 2.24) is 4.72 Å². The summed E-state index contributed by atoms with van der Waals surface area (Å²) in [6.45, 7) is 4.30. The minimum atomic E-state index is -3.45. The smallest absolute Gasteiger partial charge is 0.210 e. The quantitative estimate of drug-likeness (QED) is 0.818. The Balaban J connectivity index is 2.69. The van der Waals surface area contributed by atoms with E-state index in [2.05, 4.69) is 4.72 Å². The molecule has 0 saturated carbocycles. The van der Waals surface area contributed by atoms with E-state index in [1.165, 1.54) is 6.07 Å². The van der Waals surface area contributed by atoms with Crippen LogP contribution >= 0.6 is 34.5 Å². The highest BCUT2D eigenvalue weighted by Gasteiger charge is 2.22. The zero-order valence-electron chi connectivity index (χ0n) is 9.66. The maximum Gasteiger partial charge on any atom is 0.250 e. The van der Waals surface area contributed by atoms with Crippen LogP contribution in [0.4, 0.5) is 0 Å². The molecule has 0 unspecified atom stereocenters. The van der Waals surface area contributed by atoms with Crippen molar-refractivity contribution in [3.8, 4) is 0 Å². The number of hydrogen-bond donors (Lipinski definition) is 1. The fourth-order valence-corrected chi connectivity index (χ4v) is 4.43. The average molecular weight is 316 g/mol. The largest absolute Gasteiger partial charge is 0.250 e. The number of halogens is 2. The SMILES string of the molecule is CC(C)(CCCl)CNS(=O)(=O)c1ccc(Cl)s1. The highest BCUT2D eigenvalue weighted by Crippen LogP contribution is 2.26. The van der Waals surface area contributed by atoms with Crippen molar-refractivity contribution in [2.45, 2.75) is 24.5 Å². The first-order valence-electron chi connectivity index (χ1n) is 5.08. The van der Waals surface area contributed by atoms with Crippen LogP contribution in [-0.2, 0) is 10.0 Å². The summed E-state index contributed by atoms with van der Waals surface area (Å²) in [5.74, 6) is 0.513. The van der Waals surface area contributed by atoms with Crippen LogP contribution in [0.3, 0.4) is 0 Å². The van der Waals surface area contributed by atoms with Crippen LogP contribution in [0.25, 0.3) is 0 Å². The van der Waals surface area contributed by atoms with Crippen molar-refractivity contribution in [3.05, 3.63) is 16.5 Å². The van der Waals surface area contributed by atoms with Gasteiger partial charge in [-0.3, -0.25) is 0 Å². The van der Waals surface area contributed by atoms with Crippen LogP contribution in [0.2, 0.25) is 4.34 Å². The number of sulfonamides is 1. The van der Waals surface area contributed by atoms with E-state index in [4.69, 9.17) is 23.2 Å². The topological polar surface area (TPSA) is 46.2 Å². The molecule has 0 fully saturated rings. The van der Waals surface area contributed by atoms with Gasteiger partial charge in [0.1, 0.15) is 4.21 Å². The Bertz CT molecular complexity index is 468. The van der Waals surface area contributed by atoms with E-state index < -0.39 is 10.0 Å². The number of nitrogens with one attached hydrogen (secondary N) is 1. The molecule has 17 heavy (non-hydrogen) atoms. The Kier molecular flexibility index (Phi) is 5.28. The Morgan fingerprint density at radius 2 is 2.06 bits per heavy atom. The number of rotatable bonds is 6. The van der Waals surface area contributed by atoms with Crippen LogP contribution in [0, 0.1) is 5.41 Å². The van der Waals surface area contributed by atoms with E-state index in [-0.39, 0.29) is 9.62 Å². The zero-order valence-corrected chi connectivity index (χ0v) is 12.8. The van der Waals surface area contributed by atoms with Crippen molar-refractivity contribution >= 4 is 44.6 Å². The van der Waals surface area contributed by atoms with E-state index in [1.54, 1.807) is 6.07 Å². The predicted octanol–water partition coefficient (Wildman–Crippen LogP) is 3.33. The Labute approximate surface area is 116 Å². The van der Waals surface area contributed by atoms with Gasteiger partial charge in [-0.05, 0) is 24.0 Å². The molecular formula is C10H15Cl2NO2S2. The van der Waals surface area contributed by atoms with Gasteiger partial charge in [-0.25, -0.2) is 13.1 Å². The maximum absolute atomic E-state index is 11.9. The van der Waals surface area contributed by atoms with Gasteiger partial charge in [-0.2, -0.15) is 0 Å². The molecule has 7 heteroatoms. The van der Waals surface area contributed by atoms with E-state index in [1.807, 2.05) is 13.8 Å². The predicted molar refractivity (Wildman–Crippen MR) is 73.6 cm³/mol. The maximum atomic E-state index is 11.9. The fourth-order valence-electron chi connectivity index (χ4n) is 1.15.